The lowest BCUT2D eigenvalue weighted by Gasteiger charge is -2.23. The predicted octanol–water partition coefficient (Wildman–Crippen LogP) is 5.43. The van der Waals surface area contributed by atoms with E-state index in [1.165, 1.54) is 0 Å². The maximum atomic E-state index is 9.28. The van der Waals surface area contributed by atoms with Crippen molar-refractivity contribution in [3.63, 3.8) is 0 Å². The zero-order chi connectivity index (χ0) is 20.1. The van der Waals surface area contributed by atoms with Crippen molar-refractivity contribution < 1.29 is 14.2 Å². The van der Waals surface area contributed by atoms with Crippen LogP contribution in [0.2, 0.25) is 0 Å². The molecule has 27 heavy (non-hydrogen) atoms. The van der Waals surface area contributed by atoms with Crippen molar-refractivity contribution in [1.82, 2.24) is 0 Å². The van der Waals surface area contributed by atoms with Crippen LogP contribution in [0, 0.1) is 11.3 Å². The van der Waals surface area contributed by atoms with Gasteiger partial charge in [0.2, 0.25) is 0 Å². The molecular weight excluding hydrogens is 338 g/mol. The van der Waals surface area contributed by atoms with Crippen molar-refractivity contribution in [2.24, 2.45) is 0 Å². The van der Waals surface area contributed by atoms with E-state index in [4.69, 9.17) is 14.2 Å². The van der Waals surface area contributed by atoms with Crippen molar-refractivity contribution in [1.29, 1.82) is 5.26 Å². The van der Waals surface area contributed by atoms with E-state index in [0.717, 1.165) is 37.2 Å². The fraction of sp³-hybridized carbons (Fsp3) is 0.348. The maximum absolute atomic E-state index is 9.28. The first kappa shape index (κ1) is 22.3. The van der Waals surface area contributed by atoms with Crippen LogP contribution in [0.5, 0.6) is 5.75 Å². The van der Waals surface area contributed by atoms with Crippen molar-refractivity contribution >= 4 is 5.57 Å². The summed E-state index contributed by atoms with van der Waals surface area (Å²) >= 11 is 0. The van der Waals surface area contributed by atoms with E-state index in [9.17, 15) is 5.26 Å². The lowest BCUT2D eigenvalue weighted by atomic mass is 10.0. The van der Waals surface area contributed by atoms with Crippen LogP contribution in [-0.2, 0) is 9.47 Å². The van der Waals surface area contributed by atoms with Crippen LogP contribution < -0.4 is 4.74 Å². The van der Waals surface area contributed by atoms with E-state index in [0.29, 0.717) is 23.7 Å². The molecule has 4 heteroatoms. The molecule has 0 aromatic heterocycles. The SMILES string of the molecule is C=C(/C=C/C)c1ccc(OC2CCOCC2)c(C#N)c1.C=CC(=C)OCC. The monoisotopic (exact) mass is 367 g/mol. The average Bonchev–Trinajstić information content (AvgIpc) is 2.70. The highest BCUT2D eigenvalue weighted by atomic mass is 16.5. The van der Waals surface area contributed by atoms with Crippen LogP contribution in [0.1, 0.15) is 37.8 Å². The molecule has 2 rings (SSSR count). The lowest BCUT2D eigenvalue weighted by molar-refractivity contribution is 0.0254. The van der Waals surface area contributed by atoms with E-state index in [1.807, 2.05) is 44.2 Å². The molecule has 1 aromatic rings. The highest BCUT2D eigenvalue weighted by Crippen LogP contribution is 2.26. The van der Waals surface area contributed by atoms with E-state index in [2.05, 4.69) is 25.8 Å². The Morgan fingerprint density at radius 1 is 1.33 bits per heavy atom. The number of rotatable bonds is 7. The van der Waals surface area contributed by atoms with Crippen molar-refractivity contribution in [2.75, 3.05) is 19.8 Å². The number of hydrogen-bond donors (Lipinski definition) is 0. The predicted molar refractivity (Wildman–Crippen MR) is 110 cm³/mol. The molecule has 1 fully saturated rings. The third-order valence-electron chi connectivity index (χ3n) is 3.86. The summed E-state index contributed by atoms with van der Waals surface area (Å²) in [6.07, 6.45) is 7.33. The second-order valence-electron chi connectivity index (χ2n) is 5.88. The van der Waals surface area contributed by atoms with Gasteiger partial charge in [-0.25, -0.2) is 0 Å². The van der Waals surface area contributed by atoms with E-state index >= 15 is 0 Å². The van der Waals surface area contributed by atoms with Crippen molar-refractivity contribution in [2.45, 2.75) is 32.8 Å². The molecule has 0 saturated carbocycles. The largest absolute Gasteiger partial charge is 0.495 e. The Labute approximate surface area is 163 Å². The molecule has 4 nitrogen and oxygen atoms in total. The van der Waals surface area contributed by atoms with Crippen LogP contribution >= 0.6 is 0 Å². The van der Waals surface area contributed by atoms with Gasteiger partial charge in [0.25, 0.3) is 0 Å². The number of hydrogen-bond acceptors (Lipinski definition) is 4. The zero-order valence-electron chi connectivity index (χ0n) is 16.4. The number of nitrogens with zero attached hydrogens (tertiary/aromatic N) is 1. The van der Waals surface area contributed by atoms with Gasteiger partial charge in [0.05, 0.1) is 25.4 Å². The summed E-state index contributed by atoms with van der Waals surface area (Å²) in [4.78, 5) is 0. The maximum Gasteiger partial charge on any atom is 0.137 e. The Balaban J connectivity index is 0.000000445. The summed E-state index contributed by atoms with van der Waals surface area (Å²) < 4.78 is 16.1. The first-order valence-electron chi connectivity index (χ1n) is 9.10. The quantitative estimate of drug-likeness (QED) is 0.476. The first-order chi connectivity index (χ1) is 13.0. The molecule has 1 saturated heterocycles. The second-order valence-corrected chi connectivity index (χ2v) is 5.88. The molecule has 1 aliphatic rings. The minimum absolute atomic E-state index is 0.139. The molecule has 0 N–H and O–H groups in total. The minimum Gasteiger partial charge on any atom is -0.495 e. The normalized spacial score (nSPS) is 13.8. The molecule has 1 aromatic carbocycles. The number of ether oxygens (including phenoxy) is 3. The summed E-state index contributed by atoms with van der Waals surface area (Å²) in [5.74, 6) is 1.29. The number of allylic oxidation sites excluding steroid dienone is 4. The molecule has 0 radical (unpaired) electrons. The van der Waals surface area contributed by atoms with Gasteiger partial charge in [-0.2, -0.15) is 5.26 Å². The smallest absolute Gasteiger partial charge is 0.137 e. The third-order valence-corrected chi connectivity index (χ3v) is 3.86. The highest BCUT2D eigenvalue weighted by Gasteiger charge is 2.17. The molecule has 0 unspecified atom stereocenters. The lowest BCUT2D eigenvalue weighted by Crippen LogP contribution is -2.26. The molecule has 0 amide bonds. The summed E-state index contributed by atoms with van der Waals surface area (Å²) in [7, 11) is 0. The summed E-state index contributed by atoms with van der Waals surface area (Å²) in [5.41, 5.74) is 2.39. The third kappa shape index (κ3) is 7.98. The van der Waals surface area contributed by atoms with Gasteiger partial charge in [-0.1, -0.05) is 38.0 Å². The average molecular weight is 367 g/mol. The molecule has 1 heterocycles. The van der Waals surface area contributed by atoms with Gasteiger partial charge in [-0.15, -0.1) is 0 Å². The molecule has 0 spiro atoms. The Bertz CT molecular complexity index is 707. The van der Waals surface area contributed by atoms with Gasteiger partial charge >= 0.3 is 0 Å². The Kier molecular flexibility index (Phi) is 10.4. The van der Waals surface area contributed by atoms with Gasteiger partial charge in [-0.3, -0.25) is 0 Å². The van der Waals surface area contributed by atoms with Crippen molar-refractivity contribution in [3.8, 4) is 11.8 Å². The molecule has 144 valence electrons. The van der Waals surface area contributed by atoms with Gasteiger partial charge in [0.15, 0.2) is 0 Å². The Morgan fingerprint density at radius 3 is 2.56 bits per heavy atom. The zero-order valence-corrected chi connectivity index (χ0v) is 16.4. The molecular formula is C23H29NO3. The van der Waals surface area contributed by atoms with Crippen LogP contribution in [-0.4, -0.2) is 25.9 Å². The van der Waals surface area contributed by atoms with E-state index in [-0.39, 0.29) is 6.10 Å². The molecule has 0 bridgehead atoms. The second kappa shape index (κ2) is 12.6. The molecule has 0 atom stereocenters. The van der Waals surface area contributed by atoms with E-state index in [1.54, 1.807) is 6.08 Å². The van der Waals surface area contributed by atoms with Gasteiger partial charge in [-0.05, 0) is 43.2 Å². The highest BCUT2D eigenvalue weighted by molar-refractivity contribution is 5.73. The van der Waals surface area contributed by atoms with Crippen LogP contribution in [0.25, 0.3) is 5.57 Å². The van der Waals surface area contributed by atoms with Crippen LogP contribution in [0.3, 0.4) is 0 Å². The van der Waals surface area contributed by atoms with Crippen molar-refractivity contribution in [3.05, 3.63) is 73.1 Å². The van der Waals surface area contributed by atoms with Crippen LogP contribution in [0.15, 0.2) is 61.9 Å². The first-order valence-corrected chi connectivity index (χ1v) is 9.10. The number of benzene rings is 1. The molecule has 1 aliphatic heterocycles. The van der Waals surface area contributed by atoms with E-state index < -0.39 is 0 Å². The standard InChI is InChI=1S/C17H19NO2.C6H10O/c1-3-4-13(2)14-5-6-17(15(11-14)12-18)20-16-7-9-19-10-8-16;1-4-6(3)7-5-2/h3-6,11,16H,2,7-10H2,1H3;4H,1,3,5H2,2H3/b4-3+;. The van der Waals surface area contributed by atoms with Gasteiger partial charge in [0.1, 0.15) is 23.7 Å². The van der Waals surface area contributed by atoms with Gasteiger partial charge in [0, 0.05) is 12.8 Å². The summed E-state index contributed by atoms with van der Waals surface area (Å²) in [6.45, 7) is 16.9. The fourth-order valence-corrected chi connectivity index (χ4v) is 2.43. The van der Waals surface area contributed by atoms with Crippen LogP contribution in [0.4, 0.5) is 0 Å². The topological polar surface area (TPSA) is 51.5 Å². The Morgan fingerprint density at radius 2 is 2.04 bits per heavy atom. The van der Waals surface area contributed by atoms with Gasteiger partial charge < -0.3 is 14.2 Å². The summed E-state index contributed by atoms with van der Waals surface area (Å²) in [6, 6.07) is 7.83. The fourth-order valence-electron chi connectivity index (χ4n) is 2.43. The number of nitriles is 1. The Hall–Kier alpha value is -2.77. The minimum atomic E-state index is 0.139. The molecule has 0 aliphatic carbocycles. The summed E-state index contributed by atoms with van der Waals surface area (Å²) in [5, 5.41) is 9.28.